The molecule has 2 nitrogen and oxygen atoms in total. The van der Waals surface area contributed by atoms with Crippen molar-refractivity contribution in [2.24, 2.45) is 0 Å². The van der Waals surface area contributed by atoms with Crippen molar-refractivity contribution in [1.29, 1.82) is 0 Å². The highest BCUT2D eigenvalue weighted by atomic mass is 79.9. The summed E-state index contributed by atoms with van der Waals surface area (Å²) in [5, 5.41) is 0. The van der Waals surface area contributed by atoms with Gasteiger partial charge in [0.1, 0.15) is 0 Å². The molecule has 0 spiro atoms. The summed E-state index contributed by atoms with van der Waals surface area (Å²) in [4.78, 5) is 11.3. The Bertz CT molecular complexity index is 362. The van der Waals surface area contributed by atoms with E-state index in [0.717, 1.165) is 4.57 Å². The van der Waals surface area contributed by atoms with E-state index in [1.165, 1.54) is 6.20 Å². The fraction of sp³-hybridized carbons (Fsp3) is 0.375. The minimum atomic E-state index is -2.51. The smallest absolute Gasteiger partial charge is 0.256 e. The van der Waals surface area contributed by atoms with E-state index in [2.05, 4.69) is 15.9 Å². The van der Waals surface area contributed by atoms with E-state index in [1.807, 2.05) is 0 Å². The van der Waals surface area contributed by atoms with Crippen LogP contribution in [0.2, 0.25) is 0 Å². The normalized spacial score (nSPS) is 10.8. The summed E-state index contributed by atoms with van der Waals surface area (Å²) < 4.78 is 25.6. The van der Waals surface area contributed by atoms with Crippen LogP contribution in [0.3, 0.4) is 0 Å². The molecule has 1 aromatic rings. The highest BCUT2D eigenvalue weighted by Gasteiger charge is 2.07. The van der Waals surface area contributed by atoms with Crippen LogP contribution in [0.4, 0.5) is 8.78 Å². The van der Waals surface area contributed by atoms with Crippen molar-refractivity contribution in [3.05, 3.63) is 32.7 Å². The van der Waals surface area contributed by atoms with Crippen molar-refractivity contribution in [1.82, 2.24) is 4.57 Å². The van der Waals surface area contributed by atoms with Crippen LogP contribution in [0, 0.1) is 6.92 Å². The first-order valence-electron chi connectivity index (χ1n) is 3.65. The molecule has 0 aliphatic rings. The molecule has 0 unspecified atom stereocenters. The van der Waals surface area contributed by atoms with Gasteiger partial charge in [0.25, 0.3) is 12.0 Å². The second kappa shape index (κ2) is 4.00. The number of alkyl halides is 2. The van der Waals surface area contributed by atoms with Gasteiger partial charge in [0.05, 0.1) is 6.54 Å². The van der Waals surface area contributed by atoms with Crippen molar-refractivity contribution in [3.63, 3.8) is 0 Å². The molecule has 0 N–H and O–H groups in total. The van der Waals surface area contributed by atoms with Gasteiger partial charge in [-0.2, -0.15) is 0 Å². The maximum atomic E-state index is 12.0. The fourth-order valence-electron chi connectivity index (χ4n) is 1.02. The van der Waals surface area contributed by atoms with Gasteiger partial charge in [-0.05, 0) is 28.9 Å². The first-order valence-corrected chi connectivity index (χ1v) is 4.44. The standard InChI is InChI=1S/C8H8BrF2NO/c1-5-2-6(9)3-12(8(5)13)4-7(10)11/h2-3,7H,4H2,1H3. The number of hydrogen-bond acceptors (Lipinski definition) is 1. The minimum absolute atomic E-state index is 0.372. The van der Waals surface area contributed by atoms with Crippen molar-refractivity contribution in [2.75, 3.05) is 0 Å². The summed E-state index contributed by atoms with van der Waals surface area (Å²) in [6, 6.07) is 1.60. The largest absolute Gasteiger partial charge is 0.308 e. The molecule has 0 fully saturated rings. The SMILES string of the molecule is Cc1cc(Br)cn(CC(F)F)c1=O. The predicted octanol–water partition coefficient (Wildman–Crippen LogP) is 2.18. The van der Waals surface area contributed by atoms with Crippen molar-refractivity contribution >= 4 is 15.9 Å². The third-order valence-corrected chi connectivity index (χ3v) is 2.00. The van der Waals surface area contributed by atoms with E-state index in [1.54, 1.807) is 13.0 Å². The monoisotopic (exact) mass is 251 g/mol. The molecule has 0 bridgehead atoms. The summed E-state index contributed by atoms with van der Waals surface area (Å²) in [6.07, 6.45) is -1.15. The molecular weight excluding hydrogens is 244 g/mol. The van der Waals surface area contributed by atoms with Crippen LogP contribution < -0.4 is 5.56 Å². The van der Waals surface area contributed by atoms with Gasteiger partial charge >= 0.3 is 0 Å². The lowest BCUT2D eigenvalue weighted by atomic mass is 10.3. The summed E-state index contributed by atoms with van der Waals surface area (Å²) in [5.41, 5.74) is 0.0820. The number of rotatable bonds is 2. The molecule has 0 aliphatic carbocycles. The Morgan fingerprint density at radius 3 is 2.77 bits per heavy atom. The van der Waals surface area contributed by atoms with E-state index >= 15 is 0 Å². The van der Waals surface area contributed by atoms with E-state index in [-0.39, 0.29) is 5.56 Å². The predicted molar refractivity (Wildman–Crippen MR) is 49.1 cm³/mol. The average molecular weight is 252 g/mol. The number of aromatic nitrogens is 1. The zero-order chi connectivity index (χ0) is 10.0. The van der Waals surface area contributed by atoms with Crippen LogP contribution in [0.15, 0.2) is 21.5 Å². The molecule has 0 saturated carbocycles. The van der Waals surface area contributed by atoms with Crippen LogP contribution in [0.1, 0.15) is 5.56 Å². The van der Waals surface area contributed by atoms with Gasteiger partial charge in [0, 0.05) is 16.2 Å². The molecule has 5 heteroatoms. The van der Waals surface area contributed by atoms with Gasteiger partial charge in [-0.25, -0.2) is 8.78 Å². The van der Waals surface area contributed by atoms with E-state index in [4.69, 9.17) is 0 Å². The zero-order valence-electron chi connectivity index (χ0n) is 6.93. The number of hydrogen-bond donors (Lipinski definition) is 0. The average Bonchev–Trinajstić information content (AvgIpc) is 1.98. The van der Waals surface area contributed by atoms with Crippen LogP contribution in [-0.2, 0) is 6.54 Å². The number of halogens is 3. The maximum Gasteiger partial charge on any atom is 0.256 e. The molecule has 13 heavy (non-hydrogen) atoms. The quantitative estimate of drug-likeness (QED) is 0.790. The fourth-order valence-corrected chi connectivity index (χ4v) is 1.61. The molecule has 0 amide bonds. The summed E-state index contributed by atoms with van der Waals surface area (Å²) in [6.45, 7) is 1.04. The van der Waals surface area contributed by atoms with E-state index in [9.17, 15) is 13.6 Å². The topological polar surface area (TPSA) is 22.0 Å². The van der Waals surface area contributed by atoms with Gasteiger partial charge < -0.3 is 4.57 Å². The Morgan fingerprint density at radius 1 is 1.62 bits per heavy atom. The maximum absolute atomic E-state index is 12.0. The van der Waals surface area contributed by atoms with E-state index in [0.29, 0.717) is 10.0 Å². The van der Waals surface area contributed by atoms with Gasteiger partial charge in [0.2, 0.25) is 0 Å². The van der Waals surface area contributed by atoms with Crippen LogP contribution in [-0.4, -0.2) is 11.0 Å². The van der Waals surface area contributed by atoms with Crippen LogP contribution in [0.5, 0.6) is 0 Å². The molecule has 0 atom stereocenters. The lowest BCUT2D eigenvalue weighted by molar-refractivity contribution is 0.125. The Balaban J connectivity index is 3.13. The molecule has 1 aromatic heterocycles. The lowest BCUT2D eigenvalue weighted by Crippen LogP contribution is -2.24. The van der Waals surface area contributed by atoms with Crippen LogP contribution in [0.25, 0.3) is 0 Å². The highest BCUT2D eigenvalue weighted by Crippen LogP contribution is 2.08. The zero-order valence-corrected chi connectivity index (χ0v) is 8.51. The third kappa shape index (κ3) is 2.62. The second-order valence-corrected chi connectivity index (χ2v) is 3.61. The number of aryl methyl sites for hydroxylation is 1. The van der Waals surface area contributed by atoms with Crippen molar-refractivity contribution < 1.29 is 8.78 Å². The van der Waals surface area contributed by atoms with Crippen molar-refractivity contribution in [2.45, 2.75) is 19.9 Å². The molecule has 72 valence electrons. The summed E-state index contributed by atoms with van der Waals surface area (Å²) in [7, 11) is 0. The van der Waals surface area contributed by atoms with Crippen LogP contribution >= 0.6 is 15.9 Å². The van der Waals surface area contributed by atoms with Gasteiger partial charge in [-0.3, -0.25) is 4.79 Å². The molecule has 0 radical (unpaired) electrons. The summed E-state index contributed by atoms with van der Waals surface area (Å²) in [5.74, 6) is 0. The Hall–Kier alpha value is -0.710. The molecule has 1 rings (SSSR count). The first-order chi connectivity index (χ1) is 6.00. The lowest BCUT2D eigenvalue weighted by Gasteiger charge is -2.06. The minimum Gasteiger partial charge on any atom is -0.308 e. The Morgan fingerprint density at radius 2 is 2.23 bits per heavy atom. The van der Waals surface area contributed by atoms with E-state index < -0.39 is 13.0 Å². The molecule has 1 heterocycles. The first kappa shape index (κ1) is 10.4. The number of pyridine rings is 1. The second-order valence-electron chi connectivity index (χ2n) is 2.69. The molecule has 0 aliphatic heterocycles. The van der Waals surface area contributed by atoms with Crippen molar-refractivity contribution in [3.8, 4) is 0 Å². The Labute approximate surface area is 82.3 Å². The summed E-state index contributed by atoms with van der Waals surface area (Å²) >= 11 is 3.13. The molecule has 0 aromatic carbocycles. The molecule has 0 saturated heterocycles. The van der Waals surface area contributed by atoms with Gasteiger partial charge in [-0.15, -0.1) is 0 Å². The van der Waals surface area contributed by atoms with Gasteiger partial charge in [0.15, 0.2) is 0 Å². The van der Waals surface area contributed by atoms with Gasteiger partial charge in [-0.1, -0.05) is 0 Å². The Kier molecular flexibility index (Phi) is 3.19. The number of nitrogens with zero attached hydrogens (tertiary/aromatic N) is 1. The molecular formula is C8H8BrF2NO. The third-order valence-electron chi connectivity index (χ3n) is 1.57. The highest BCUT2D eigenvalue weighted by molar-refractivity contribution is 9.10.